The number of unbranched alkanes of at least 4 members (excludes halogenated alkanes) is 6. The Bertz CT molecular complexity index is 897. The highest BCUT2D eigenvalue weighted by molar-refractivity contribution is 5.77. The Hall–Kier alpha value is -2.29. The van der Waals surface area contributed by atoms with Crippen LogP contribution in [0.1, 0.15) is 75.0 Å². The number of hydrogen-bond acceptors (Lipinski definition) is 0. The fraction of sp³-hybridized carbons (Fsp3) is 0.407. The van der Waals surface area contributed by atoms with Gasteiger partial charge < -0.3 is 0 Å². The van der Waals surface area contributed by atoms with Crippen molar-refractivity contribution in [3.63, 3.8) is 0 Å². The smallest absolute Gasteiger partial charge is 0.167 e. The number of halogens is 3. The zero-order chi connectivity index (χ0) is 21.4. The molecule has 0 N–H and O–H groups in total. The van der Waals surface area contributed by atoms with Gasteiger partial charge in [-0.1, -0.05) is 100 Å². The van der Waals surface area contributed by atoms with Crippen LogP contribution in [0.3, 0.4) is 0 Å². The summed E-state index contributed by atoms with van der Waals surface area (Å²) in [5.41, 5.74) is -0.0604. The molecule has 1 unspecified atom stereocenters. The summed E-state index contributed by atoms with van der Waals surface area (Å²) >= 11 is 0. The van der Waals surface area contributed by atoms with Crippen LogP contribution in [-0.2, 0) is 12.1 Å². The standard InChI is InChI=1S/C27H31F3/c1-2-3-4-5-6-7-8-13-21-14-11-15-22(20-21)23-16-9-10-19-27(23,30)24-17-12-18-25(28)26(24)29/h9-12,14-18,20H,2-8,13,19H2,1H3. The number of alkyl halides is 1. The predicted octanol–water partition coefficient (Wildman–Crippen LogP) is 8.47. The minimum Gasteiger partial charge on any atom is -0.233 e. The maximum Gasteiger partial charge on any atom is 0.167 e. The third-order valence-electron chi connectivity index (χ3n) is 5.91. The molecular formula is C27H31F3. The van der Waals surface area contributed by atoms with Crippen LogP contribution in [0.25, 0.3) is 5.57 Å². The number of rotatable bonds is 10. The first kappa shape index (κ1) is 22.4. The molecule has 1 aliphatic rings. The van der Waals surface area contributed by atoms with E-state index in [0.29, 0.717) is 5.57 Å². The molecule has 0 fully saturated rings. The fourth-order valence-electron chi connectivity index (χ4n) is 4.21. The van der Waals surface area contributed by atoms with Crippen LogP contribution in [0.15, 0.2) is 60.7 Å². The van der Waals surface area contributed by atoms with Gasteiger partial charge in [-0.25, -0.2) is 13.2 Å². The average Bonchev–Trinajstić information content (AvgIpc) is 2.75. The highest BCUT2D eigenvalue weighted by Crippen LogP contribution is 2.46. The Labute approximate surface area is 178 Å². The predicted molar refractivity (Wildman–Crippen MR) is 119 cm³/mol. The second kappa shape index (κ2) is 10.7. The minimum atomic E-state index is -2.08. The van der Waals surface area contributed by atoms with E-state index < -0.39 is 17.3 Å². The second-order valence-electron chi connectivity index (χ2n) is 8.19. The zero-order valence-electron chi connectivity index (χ0n) is 17.8. The van der Waals surface area contributed by atoms with Crippen molar-refractivity contribution >= 4 is 5.57 Å². The first-order valence-corrected chi connectivity index (χ1v) is 11.2. The van der Waals surface area contributed by atoms with Crippen LogP contribution in [0, 0.1) is 11.6 Å². The Kier molecular flexibility index (Phi) is 7.95. The molecule has 0 nitrogen and oxygen atoms in total. The van der Waals surface area contributed by atoms with Crippen molar-refractivity contribution in [3.8, 4) is 0 Å². The van der Waals surface area contributed by atoms with E-state index in [1.165, 1.54) is 50.7 Å². The van der Waals surface area contributed by atoms with Crippen LogP contribution in [0.5, 0.6) is 0 Å². The Balaban J connectivity index is 1.74. The number of allylic oxidation sites excluding steroid dienone is 4. The van der Waals surface area contributed by atoms with Crippen molar-refractivity contribution in [2.75, 3.05) is 0 Å². The van der Waals surface area contributed by atoms with E-state index in [1.807, 2.05) is 18.2 Å². The fourth-order valence-corrected chi connectivity index (χ4v) is 4.21. The van der Waals surface area contributed by atoms with Gasteiger partial charge in [-0.15, -0.1) is 0 Å². The molecule has 1 atom stereocenters. The van der Waals surface area contributed by atoms with Gasteiger partial charge in [0.05, 0.1) is 0 Å². The van der Waals surface area contributed by atoms with Gasteiger partial charge in [-0.3, -0.25) is 0 Å². The summed E-state index contributed by atoms with van der Waals surface area (Å²) < 4.78 is 44.4. The summed E-state index contributed by atoms with van der Waals surface area (Å²) in [6.45, 7) is 2.22. The van der Waals surface area contributed by atoms with E-state index in [2.05, 4.69) is 13.0 Å². The van der Waals surface area contributed by atoms with Crippen molar-refractivity contribution in [1.82, 2.24) is 0 Å². The van der Waals surface area contributed by atoms with Gasteiger partial charge in [0.2, 0.25) is 0 Å². The molecule has 0 saturated carbocycles. The van der Waals surface area contributed by atoms with Gasteiger partial charge in [-0.05, 0) is 30.0 Å². The summed E-state index contributed by atoms with van der Waals surface area (Å²) in [5, 5.41) is 0. The third-order valence-corrected chi connectivity index (χ3v) is 5.91. The maximum absolute atomic E-state index is 16.2. The van der Waals surface area contributed by atoms with E-state index >= 15 is 4.39 Å². The molecule has 0 aliphatic heterocycles. The Morgan fingerprint density at radius 3 is 2.43 bits per heavy atom. The summed E-state index contributed by atoms with van der Waals surface area (Å²) in [7, 11) is 0. The number of benzene rings is 2. The van der Waals surface area contributed by atoms with Crippen LogP contribution in [0.2, 0.25) is 0 Å². The van der Waals surface area contributed by atoms with Gasteiger partial charge >= 0.3 is 0 Å². The van der Waals surface area contributed by atoms with Gasteiger partial charge in [0.25, 0.3) is 0 Å². The molecule has 2 aromatic rings. The molecule has 0 heterocycles. The molecule has 1 aliphatic carbocycles. The molecule has 0 bridgehead atoms. The lowest BCUT2D eigenvalue weighted by Gasteiger charge is -2.30. The Morgan fingerprint density at radius 1 is 0.900 bits per heavy atom. The van der Waals surface area contributed by atoms with E-state index in [1.54, 1.807) is 18.2 Å². The minimum absolute atomic E-state index is 0.0127. The molecule has 2 aromatic carbocycles. The summed E-state index contributed by atoms with van der Waals surface area (Å²) in [6.07, 6.45) is 14.8. The first-order valence-electron chi connectivity index (χ1n) is 11.2. The topological polar surface area (TPSA) is 0 Å². The molecule has 0 saturated heterocycles. The maximum atomic E-state index is 16.2. The summed E-state index contributed by atoms with van der Waals surface area (Å²) in [4.78, 5) is 0. The lowest BCUT2D eigenvalue weighted by Crippen LogP contribution is -2.25. The molecule has 160 valence electrons. The molecule has 0 radical (unpaired) electrons. The van der Waals surface area contributed by atoms with Crippen LogP contribution in [0.4, 0.5) is 13.2 Å². The molecule has 0 spiro atoms. The molecule has 3 rings (SSSR count). The quantitative estimate of drug-likeness (QED) is 0.343. The van der Waals surface area contributed by atoms with E-state index in [4.69, 9.17) is 0 Å². The number of hydrogen-bond donors (Lipinski definition) is 0. The average molecular weight is 413 g/mol. The van der Waals surface area contributed by atoms with Gasteiger partial charge in [0.15, 0.2) is 17.3 Å². The lowest BCUT2D eigenvalue weighted by molar-refractivity contribution is 0.239. The van der Waals surface area contributed by atoms with Crippen molar-refractivity contribution in [3.05, 3.63) is 89.0 Å². The van der Waals surface area contributed by atoms with E-state index in [0.717, 1.165) is 30.0 Å². The summed E-state index contributed by atoms with van der Waals surface area (Å²) in [6, 6.07) is 11.6. The van der Waals surface area contributed by atoms with Gasteiger partial charge in [0.1, 0.15) is 0 Å². The molecule has 30 heavy (non-hydrogen) atoms. The SMILES string of the molecule is CCCCCCCCCc1cccc(C2=CC=CCC2(F)c2cccc(F)c2F)c1. The first-order chi connectivity index (χ1) is 14.6. The van der Waals surface area contributed by atoms with Crippen molar-refractivity contribution < 1.29 is 13.2 Å². The van der Waals surface area contributed by atoms with Crippen LogP contribution >= 0.6 is 0 Å². The molecule has 0 amide bonds. The second-order valence-corrected chi connectivity index (χ2v) is 8.19. The molecule has 3 heteroatoms. The third kappa shape index (κ3) is 5.24. The largest absolute Gasteiger partial charge is 0.233 e. The van der Waals surface area contributed by atoms with E-state index in [9.17, 15) is 8.78 Å². The summed E-state index contributed by atoms with van der Waals surface area (Å²) in [5.74, 6) is -2.13. The Morgan fingerprint density at radius 2 is 1.63 bits per heavy atom. The van der Waals surface area contributed by atoms with Crippen LogP contribution in [-0.4, -0.2) is 0 Å². The van der Waals surface area contributed by atoms with E-state index in [-0.39, 0.29) is 12.0 Å². The lowest BCUT2D eigenvalue weighted by atomic mass is 9.78. The highest BCUT2D eigenvalue weighted by atomic mass is 19.2. The van der Waals surface area contributed by atoms with Gasteiger partial charge in [0, 0.05) is 17.6 Å². The highest BCUT2D eigenvalue weighted by Gasteiger charge is 2.40. The normalized spacial score (nSPS) is 18.5. The number of aryl methyl sites for hydroxylation is 1. The molecular weight excluding hydrogens is 381 g/mol. The van der Waals surface area contributed by atoms with Crippen molar-refractivity contribution in [2.45, 2.75) is 70.4 Å². The monoisotopic (exact) mass is 412 g/mol. The van der Waals surface area contributed by atoms with Gasteiger partial charge in [-0.2, -0.15) is 0 Å². The molecule has 0 aromatic heterocycles. The van der Waals surface area contributed by atoms with Crippen molar-refractivity contribution in [2.24, 2.45) is 0 Å². The van der Waals surface area contributed by atoms with Crippen molar-refractivity contribution in [1.29, 1.82) is 0 Å². The van der Waals surface area contributed by atoms with Crippen LogP contribution < -0.4 is 0 Å². The zero-order valence-corrected chi connectivity index (χ0v) is 17.8.